The number of rotatable bonds is 6. The molecule has 0 radical (unpaired) electrons. The van der Waals surface area contributed by atoms with E-state index in [0.717, 1.165) is 30.0 Å². The van der Waals surface area contributed by atoms with Crippen LogP contribution in [0.1, 0.15) is 24.7 Å². The molecule has 112 valence electrons. The second-order valence-electron chi connectivity index (χ2n) is 4.46. The second-order valence-corrected chi connectivity index (χ2v) is 5.83. The fraction of sp³-hybridized carbons (Fsp3) is 0.357. The smallest absolute Gasteiger partial charge is 0.251 e. The summed E-state index contributed by atoms with van der Waals surface area (Å²) in [7, 11) is 1.81. The molecule has 0 unspecified atom stereocenters. The van der Waals surface area contributed by atoms with Crippen molar-refractivity contribution in [3.05, 3.63) is 45.0 Å². The van der Waals surface area contributed by atoms with Gasteiger partial charge in [-0.2, -0.15) is 0 Å². The Morgan fingerprint density at radius 3 is 2.90 bits per heavy atom. The van der Waals surface area contributed by atoms with E-state index in [4.69, 9.17) is 11.6 Å². The van der Waals surface area contributed by atoms with Gasteiger partial charge in [0.05, 0.1) is 10.7 Å². The molecule has 0 aliphatic rings. The number of aromatic amines is 1. The van der Waals surface area contributed by atoms with E-state index in [2.05, 4.69) is 27.2 Å². The van der Waals surface area contributed by atoms with E-state index in [1.165, 1.54) is 11.8 Å². The van der Waals surface area contributed by atoms with Crippen molar-refractivity contribution in [2.75, 3.05) is 12.4 Å². The summed E-state index contributed by atoms with van der Waals surface area (Å²) in [4.78, 5) is 23.2. The zero-order chi connectivity index (χ0) is 15.2. The van der Waals surface area contributed by atoms with Gasteiger partial charge in [-0.15, -0.1) is 0 Å². The van der Waals surface area contributed by atoms with Crippen molar-refractivity contribution in [1.29, 1.82) is 0 Å². The minimum absolute atomic E-state index is 0.126. The lowest BCUT2D eigenvalue weighted by Crippen LogP contribution is -2.10. The molecule has 7 heteroatoms. The van der Waals surface area contributed by atoms with Gasteiger partial charge >= 0.3 is 0 Å². The van der Waals surface area contributed by atoms with E-state index < -0.39 is 0 Å². The number of nitrogens with zero attached hydrogens (tertiary/aromatic N) is 2. The van der Waals surface area contributed by atoms with E-state index in [1.807, 2.05) is 6.07 Å². The van der Waals surface area contributed by atoms with Crippen molar-refractivity contribution < 1.29 is 0 Å². The number of aryl methyl sites for hydroxylation is 1. The highest BCUT2D eigenvalue weighted by molar-refractivity contribution is 7.98. The first-order chi connectivity index (χ1) is 10.1. The molecule has 0 atom stereocenters. The average Bonchev–Trinajstić information content (AvgIpc) is 2.46. The first kappa shape index (κ1) is 15.9. The Morgan fingerprint density at radius 2 is 2.19 bits per heavy atom. The van der Waals surface area contributed by atoms with Crippen LogP contribution in [0.2, 0.25) is 5.02 Å². The minimum atomic E-state index is -0.126. The summed E-state index contributed by atoms with van der Waals surface area (Å²) in [5.74, 6) is 1.31. The Bertz CT molecular complexity index is 674. The third-order valence-corrected chi connectivity index (χ3v) is 4.03. The van der Waals surface area contributed by atoms with Gasteiger partial charge in [0.15, 0.2) is 5.16 Å². The summed E-state index contributed by atoms with van der Waals surface area (Å²) in [5, 5.41) is 4.18. The Kier molecular flexibility index (Phi) is 5.64. The largest absolute Gasteiger partial charge is 0.373 e. The molecule has 0 aliphatic carbocycles. The summed E-state index contributed by atoms with van der Waals surface area (Å²) in [6, 6.07) is 5.17. The number of anilines is 1. The van der Waals surface area contributed by atoms with E-state index in [0.29, 0.717) is 15.9 Å². The number of aromatic nitrogens is 3. The van der Waals surface area contributed by atoms with Crippen LogP contribution in [0.4, 0.5) is 5.82 Å². The first-order valence-electron chi connectivity index (χ1n) is 6.68. The fourth-order valence-corrected chi connectivity index (χ4v) is 2.90. The van der Waals surface area contributed by atoms with Crippen molar-refractivity contribution in [1.82, 2.24) is 15.0 Å². The Labute approximate surface area is 132 Å². The predicted octanol–water partition coefficient (Wildman–Crippen LogP) is 3.10. The summed E-state index contributed by atoms with van der Waals surface area (Å²) in [6.07, 6.45) is 1.75. The van der Waals surface area contributed by atoms with E-state index in [9.17, 15) is 4.79 Å². The normalized spacial score (nSPS) is 10.6. The van der Waals surface area contributed by atoms with Gasteiger partial charge in [-0.3, -0.25) is 4.79 Å². The molecule has 2 aromatic rings. The number of halogens is 1. The molecule has 2 heterocycles. The number of pyridine rings is 1. The van der Waals surface area contributed by atoms with Crippen molar-refractivity contribution in [2.45, 2.75) is 30.7 Å². The lowest BCUT2D eigenvalue weighted by Gasteiger charge is -2.06. The topological polar surface area (TPSA) is 70.7 Å². The van der Waals surface area contributed by atoms with Gasteiger partial charge in [0, 0.05) is 24.6 Å². The molecule has 2 rings (SSSR count). The SMILES string of the molecule is CCCc1cc(=O)[nH]c(SCc2nc(NC)ccc2Cl)n1. The molecule has 0 saturated heterocycles. The molecule has 2 N–H and O–H groups in total. The van der Waals surface area contributed by atoms with E-state index >= 15 is 0 Å². The lowest BCUT2D eigenvalue weighted by atomic mass is 10.2. The van der Waals surface area contributed by atoms with E-state index in [1.54, 1.807) is 19.2 Å². The maximum Gasteiger partial charge on any atom is 0.251 e. The maximum absolute atomic E-state index is 11.6. The van der Waals surface area contributed by atoms with Crippen molar-refractivity contribution in [3.8, 4) is 0 Å². The van der Waals surface area contributed by atoms with E-state index in [-0.39, 0.29) is 5.56 Å². The zero-order valence-electron chi connectivity index (χ0n) is 11.9. The predicted molar refractivity (Wildman–Crippen MR) is 87.2 cm³/mol. The van der Waals surface area contributed by atoms with Crippen LogP contribution in [0.25, 0.3) is 0 Å². The Morgan fingerprint density at radius 1 is 1.38 bits per heavy atom. The number of hydrogen-bond acceptors (Lipinski definition) is 5. The monoisotopic (exact) mass is 324 g/mol. The highest BCUT2D eigenvalue weighted by Crippen LogP contribution is 2.24. The third kappa shape index (κ3) is 4.47. The molecule has 0 fully saturated rings. The molecule has 0 aromatic carbocycles. The fourth-order valence-electron chi connectivity index (χ4n) is 1.80. The molecule has 0 aliphatic heterocycles. The summed E-state index contributed by atoms with van der Waals surface area (Å²) in [6.45, 7) is 2.06. The van der Waals surface area contributed by atoms with Crippen LogP contribution in [0, 0.1) is 0 Å². The van der Waals surface area contributed by atoms with Crippen molar-refractivity contribution in [2.24, 2.45) is 0 Å². The number of H-pyrrole nitrogens is 1. The Balaban J connectivity index is 2.14. The number of nitrogens with one attached hydrogen (secondary N) is 2. The molecule has 2 aromatic heterocycles. The third-order valence-electron chi connectivity index (χ3n) is 2.80. The molecule has 0 bridgehead atoms. The lowest BCUT2D eigenvalue weighted by molar-refractivity contribution is 0.815. The quantitative estimate of drug-likeness (QED) is 0.631. The first-order valence-corrected chi connectivity index (χ1v) is 8.05. The Hall–Kier alpha value is -1.53. The highest BCUT2D eigenvalue weighted by atomic mass is 35.5. The van der Waals surface area contributed by atoms with Gasteiger partial charge in [-0.1, -0.05) is 36.7 Å². The van der Waals surface area contributed by atoms with Crippen LogP contribution in [-0.2, 0) is 12.2 Å². The summed E-state index contributed by atoms with van der Waals surface area (Å²) in [5.41, 5.74) is 1.45. The van der Waals surface area contributed by atoms with Gasteiger partial charge in [0.2, 0.25) is 0 Å². The van der Waals surface area contributed by atoms with Gasteiger partial charge in [-0.05, 0) is 18.6 Å². The summed E-state index contributed by atoms with van der Waals surface area (Å²) >= 11 is 7.56. The standard InChI is InChI=1S/C14H17ClN4OS/c1-3-4-9-7-13(20)19-14(17-9)21-8-11-10(15)5-6-12(16-2)18-11/h5-7H,3-4,8H2,1-2H3,(H,16,18)(H,17,19,20). The number of thioether (sulfide) groups is 1. The van der Waals surface area contributed by atoms with Crippen molar-refractivity contribution in [3.63, 3.8) is 0 Å². The molecule has 21 heavy (non-hydrogen) atoms. The van der Waals surface area contributed by atoms with Crippen molar-refractivity contribution >= 4 is 29.2 Å². The van der Waals surface area contributed by atoms with Gasteiger partial charge in [0.25, 0.3) is 5.56 Å². The second kappa shape index (κ2) is 7.47. The van der Waals surface area contributed by atoms with Crippen LogP contribution in [0.3, 0.4) is 0 Å². The molecule has 0 saturated carbocycles. The van der Waals surface area contributed by atoms with Crippen LogP contribution >= 0.6 is 23.4 Å². The zero-order valence-corrected chi connectivity index (χ0v) is 13.5. The molecular formula is C14H17ClN4OS. The maximum atomic E-state index is 11.6. The van der Waals surface area contributed by atoms with Gasteiger partial charge < -0.3 is 10.3 Å². The average molecular weight is 325 g/mol. The molecule has 0 spiro atoms. The molecule has 0 amide bonds. The molecular weight excluding hydrogens is 308 g/mol. The number of hydrogen-bond donors (Lipinski definition) is 2. The minimum Gasteiger partial charge on any atom is -0.373 e. The van der Waals surface area contributed by atoms with Crippen LogP contribution in [0.15, 0.2) is 28.2 Å². The van der Waals surface area contributed by atoms with Gasteiger partial charge in [0.1, 0.15) is 5.82 Å². The van der Waals surface area contributed by atoms with Crippen LogP contribution < -0.4 is 10.9 Å². The van der Waals surface area contributed by atoms with Crippen LogP contribution in [0.5, 0.6) is 0 Å². The molecule has 5 nitrogen and oxygen atoms in total. The van der Waals surface area contributed by atoms with Crippen LogP contribution in [-0.4, -0.2) is 22.0 Å². The van der Waals surface area contributed by atoms with Gasteiger partial charge in [-0.25, -0.2) is 9.97 Å². The highest BCUT2D eigenvalue weighted by Gasteiger charge is 2.07. The summed E-state index contributed by atoms with van der Waals surface area (Å²) < 4.78 is 0.